The number of nitrogens with zero attached hydrogens (tertiary/aromatic N) is 1. The minimum atomic E-state index is -0.0821. The molecule has 0 heterocycles. The highest BCUT2D eigenvalue weighted by Gasteiger charge is 2.16. The van der Waals surface area contributed by atoms with E-state index in [1.54, 1.807) is 23.1 Å². The molecule has 16 heavy (non-hydrogen) atoms. The fraction of sp³-hybridized carbons (Fsp3) is 0.417. The van der Waals surface area contributed by atoms with Crippen LogP contribution in [0, 0.1) is 6.92 Å². The van der Waals surface area contributed by atoms with Crippen LogP contribution in [0.5, 0.6) is 0 Å². The Kier molecular flexibility index (Phi) is 4.31. The van der Waals surface area contributed by atoms with Gasteiger partial charge in [0.15, 0.2) is 0 Å². The van der Waals surface area contributed by atoms with Gasteiger partial charge in [-0.25, -0.2) is 0 Å². The molecule has 0 aromatic heterocycles. The molecule has 1 amide bonds. The van der Waals surface area contributed by atoms with E-state index in [4.69, 9.17) is 10.8 Å². The lowest BCUT2D eigenvalue weighted by molar-refractivity contribution is 0.0731. The molecule has 0 radical (unpaired) electrons. The van der Waals surface area contributed by atoms with Crippen LogP contribution in [0.2, 0.25) is 0 Å². The second-order valence-electron chi connectivity index (χ2n) is 3.63. The molecule has 0 aliphatic carbocycles. The first kappa shape index (κ1) is 12.5. The maximum atomic E-state index is 12.1. The molecule has 88 valence electrons. The monoisotopic (exact) mass is 222 g/mol. The average molecular weight is 222 g/mol. The second-order valence-corrected chi connectivity index (χ2v) is 3.63. The number of anilines is 1. The van der Waals surface area contributed by atoms with Crippen LogP contribution in [0.15, 0.2) is 18.2 Å². The van der Waals surface area contributed by atoms with Crippen molar-refractivity contribution in [3.05, 3.63) is 29.3 Å². The summed E-state index contributed by atoms with van der Waals surface area (Å²) in [7, 11) is 0. The molecule has 0 spiro atoms. The quantitative estimate of drug-likeness (QED) is 0.748. The summed E-state index contributed by atoms with van der Waals surface area (Å²) in [4.78, 5) is 13.7. The van der Waals surface area contributed by atoms with Crippen LogP contribution < -0.4 is 5.73 Å². The summed E-state index contributed by atoms with van der Waals surface area (Å²) in [6.45, 7) is 4.61. The van der Waals surface area contributed by atoms with Crippen LogP contribution in [0.1, 0.15) is 22.8 Å². The molecule has 4 nitrogen and oxygen atoms in total. The van der Waals surface area contributed by atoms with E-state index in [1.165, 1.54) is 0 Å². The number of aliphatic hydroxyl groups is 1. The van der Waals surface area contributed by atoms with Crippen molar-refractivity contribution in [1.82, 2.24) is 4.90 Å². The molecule has 0 saturated heterocycles. The molecule has 0 aliphatic heterocycles. The van der Waals surface area contributed by atoms with Gasteiger partial charge in [0.05, 0.1) is 6.61 Å². The molecule has 1 rings (SSSR count). The van der Waals surface area contributed by atoms with Gasteiger partial charge in [-0.3, -0.25) is 4.79 Å². The Bertz CT molecular complexity index is 377. The fourth-order valence-electron chi connectivity index (χ4n) is 1.58. The van der Waals surface area contributed by atoms with Gasteiger partial charge in [0.1, 0.15) is 0 Å². The van der Waals surface area contributed by atoms with Gasteiger partial charge >= 0.3 is 0 Å². The number of hydrogen-bond donors (Lipinski definition) is 2. The Balaban J connectivity index is 2.99. The summed E-state index contributed by atoms with van der Waals surface area (Å²) in [5, 5.41) is 8.87. The summed E-state index contributed by atoms with van der Waals surface area (Å²) in [5.74, 6) is -0.0821. The normalized spacial score (nSPS) is 10.2. The number of carbonyl (C=O) groups excluding carboxylic acids is 1. The lowest BCUT2D eigenvalue weighted by Crippen LogP contribution is -2.33. The van der Waals surface area contributed by atoms with Crippen molar-refractivity contribution < 1.29 is 9.90 Å². The standard InChI is InChI=1S/C12H18N2O2/c1-3-14(7-8-15)12(16)10-5-4-6-11(13)9(10)2/h4-6,15H,3,7-8,13H2,1-2H3. The van der Waals surface area contributed by atoms with Crippen molar-refractivity contribution in [3.63, 3.8) is 0 Å². The maximum Gasteiger partial charge on any atom is 0.254 e. The van der Waals surface area contributed by atoms with E-state index in [1.807, 2.05) is 13.8 Å². The van der Waals surface area contributed by atoms with Crippen LogP contribution >= 0.6 is 0 Å². The molecule has 1 aromatic rings. The summed E-state index contributed by atoms with van der Waals surface area (Å²) in [6.07, 6.45) is 0. The highest BCUT2D eigenvalue weighted by Crippen LogP contribution is 2.17. The predicted octanol–water partition coefficient (Wildman–Crippen LogP) is 1.03. The molecule has 0 aliphatic rings. The topological polar surface area (TPSA) is 66.6 Å². The van der Waals surface area contributed by atoms with Crippen LogP contribution in [0.4, 0.5) is 5.69 Å². The highest BCUT2D eigenvalue weighted by molar-refractivity contribution is 5.96. The van der Waals surface area contributed by atoms with Gasteiger partial charge in [0, 0.05) is 24.3 Å². The number of nitrogen functional groups attached to an aromatic ring is 1. The lowest BCUT2D eigenvalue weighted by Gasteiger charge is -2.21. The predicted molar refractivity (Wildman–Crippen MR) is 64.3 cm³/mol. The first-order valence-electron chi connectivity index (χ1n) is 5.37. The first-order valence-corrected chi connectivity index (χ1v) is 5.37. The van der Waals surface area contributed by atoms with E-state index < -0.39 is 0 Å². The van der Waals surface area contributed by atoms with Crippen molar-refractivity contribution in [2.75, 3.05) is 25.4 Å². The number of nitrogens with two attached hydrogens (primary N) is 1. The zero-order valence-corrected chi connectivity index (χ0v) is 9.73. The lowest BCUT2D eigenvalue weighted by atomic mass is 10.1. The van der Waals surface area contributed by atoms with Gasteiger partial charge in [-0.15, -0.1) is 0 Å². The van der Waals surface area contributed by atoms with E-state index in [0.717, 1.165) is 5.56 Å². The van der Waals surface area contributed by atoms with Gasteiger partial charge in [0.25, 0.3) is 5.91 Å². The average Bonchev–Trinajstić information content (AvgIpc) is 2.29. The second kappa shape index (κ2) is 5.51. The van der Waals surface area contributed by atoms with Crippen LogP contribution in [0.25, 0.3) is 0 Å². The molecular weight excluding hydrogens is 204 g/mol. The molecule has 3 N–H and O–H groups in total. The van der Waals surface area contributed by atoms with Gasteiger partial charge in [-0.1, -0.05) is 6.07 Å². The van der Waals surface area contributed by atoms with E-state index in [9.17, 15) is 4.79 Å². The van der Waals surface area contributed by atoms with E-state index in [-0.39, 0.29) is 12.5 Å². The number of hydrogen-bond acceptors (Lipinski definition) is 3. The number of benzene rings is 1. The third kappa shape index (κ3) is 2.52. The van der Waals surface area contributed by atoms with E-state index >= 15 is 0 Å². The molecule has 0 saturated carbocycles. The van der Waals surface area contributed by atoms with Crippen molar-refractivity contribution >= 4 is 11.6 Å². The minimum absolute atomic E-state index is 0.0268. The molecule has 0 atom stereocenters. The zero-order chi connectivity index (χ0) is 12.1. The molecule has 1 aromatic carbocycles. The van der Waals surface area contributed by atoms with Crippen molar-refractivity contribution in [1.29, 1.82) is 0 Å². The van der Waals surface area contributed by atoms with Gasteiger partial charge in [-0.05, 0) is 31.5 Å². The molecule has 4 heteroatoms. The molecule has 0 bridgehead atoms. The summed E-state index contributed by atoms with van der Waals surface area (Å²) >= 11 is 0. The Labute approximate surface area is 95.7 Å². The third-order valence-corrected chi connectivity index (χ3v) is 2.64. The van der Waals surface area contributed by atoms with Gasteiger partial charge in [-0.2, -0.15) is 0 Å². The molecule has 0 fully saturated rings. The van der Waals surface area contributed by atoms with Gasteiger partial charge < -0.3 is 15.7 Å². The number of likely N-dealkylation sites (N-methyl/N-ethyl adjacent to an activating group) is 1. The SMILES string of the molecule is CCN(CCO)C(=O)c1cccc(N)c1C. The van der Waals surface area contributed by atoms with Crippen molar-refractivity contribution in [3.8, 4) is 0 Å². The van der Waals surface area contributed by atoms with E-state index in [2.05, 4.69) is 0 Å². The number of aliphatic hydroxyl groups excluding tert-OH is 1. The smallest absolute Gasteiger partial charge is 0.254 e. The van der Waals surface area contributed by atoms with Crippen molar-refractivity contribution in [2.24, 2.45) is 0 Å². The summed E-state index contributed by atoms with van der Waals surface area (Å²) in [5.41, 5.74) is 7.77. The number of rotatable bonds is 4. The number of amides is 1. The van der Waals surface area contributed by atoms with Crippen molar-refractivity contribution in [2.45, 2.75) is 13.8 Å². The Morgan fingerprint density at radius 1 is 1.50 bits per heavy atom. The van der Waals surface area contributed by atoms with Crippen LogP contribution in [-0.2, 0) is 0 Å². The highest BCUT2D eigenvalue weighted by atomic mass is 16.3. The largest absolute Gasteiger partial charge is 0.398 e. The van der Waals surface area contributed by atoms with Crippen LogP contribution in [0.3, 0.4) is 0 Å². The van der Waals surface area contributed by atoms with Gasteiger partial charge in [0.2, 0.25) is 0 Å². The maximum absolute atomic E-state index is 12.1. The Morgan fingerprint density at radius 3 is 2.75 bits per heavy atom. The Morgan fingerprint density at radius 2 is 2.19 bits per heavy atom. The molecular formula is C12H18N2O2. The van der Waals surface area contributed by atoms with Crippen LogP contribution in [-0.4, -0.2) is 35.6 Å². The molecule has 0 unspecified atom stereocenters. The first-order chi connectivity index (χ1) is 7.61. The number of carbonyl (C=O) groups is 1. The van der Waals surface area contributed by atoms with E-state index in [0.29, 0.717) is 24.3 Å². The fourth-order valence-corrected chi connectivity index (χ4v) is 1.58. The Hall–Kier alpha value is -1.55. The minimum Gasteiger partial charge on any atom is -0.398 e. The zero-order valence-electron chi connectivity index (χ0n) is 9.73. The third-order valence-electron chi connectivity index (χ3n) is 2.64. The summed E-state index contributed by atoms with van der Waals surface area (Å²) < 4.78 is 0. The summed E-state index contributed by atoms with van der Waals surface area (Å²) in [6, 6.07) is 5.30.